The molecule has 1 aromatic carbocycles. The number of sulfone groups is 1. The Hall–Kier alpha value is -2.47. The molecule has 7 nitrogen and oxygen atoms in total. The van der Waals surface area contributed by atoms with Gasteiger partial charge in [-0.15, -0.1) is 0 Å². The Morgan fingerprint density at radius 1 is 1.21 bits per heavy atom. The summed E-state index contributed by atoms with van der Waals surface area (Å²) in [6.45, 7) is 0. The van der Waals surface area contributed by atoms with Gasteiger partial charge >= 0.3 is 6.18 Å². The van der Waals surface area contributed by atoms with Crippen LogP contribution in [0.25, 0.3) is 17.2 Å². The van der Waals surface area contributed by atoms with Crippen LogP contribution in [0.3, 0.4) is 0 Å². The highest BCUT2D eigenvalue weighted by atomic mass is 79.9. The van der Waals surface area contributed by atoms with Crippen molar-refractivity contribution in [1.29, 1.82) is 0 Å². The van der Waals surface area contributed by atoms with Crippen LogP contribution < -0.4 is 4.74 Å². The molecule has 148 valence electrons. The molecule has 0 radical (unpaired) electrons. The number of nitrogens with zero attached hydrogens (tertiary/aromatic N) is 4. The van der Waals surface area contributed by atoms with Crippen LogP contribution in [0.4, 0.5) is 13.2 Å². The molecule has 0 fully saturated rings. The molecule has 12 heteroatoms. The van der Waals surface area contributed by atoms with Gasteiger partial charge in [0.1, 0.15) is 5.75 Å². The molecule has 0 amide bonds. The predicted octanol–water partition coefficient (Wildman–Crippen LogP) is 3.52. The molecule has 0 saturated heterocycles. The lowest BCUT2D eigenvalue weighted by atomic mass is 10.2. The molecule has 0 aliphatic rings. The van der Waals surface area contributed by atoms with Crippen LogP contribution in [-0.4, -0.2) is 41.5 Å². The first-order chi connectivity index (χ1) is 13.0. The maximum Gasteiger partial charge on any atom is 0.435 e. The van der Waals surface area contributed by atoms with Crippen molar-refractivity contribution >= 4 is 25.8 Å². The molecule has 3 aromatic rings. The minimum Gasteiger partial charge on any atom is -0.496 e. The lowest BCUT2D eigenvalue weighted by molar-refractivity contribution is -0.141. The molecule has 0 bridgehead atoms. The summed E-state index contributed by atoms with van der Waals surface area (Å²) in [5, 5.41) is 3.50. The molecule has 0 atom stereocenters. The lowest BCUT2D eigenvalue weighted by Crippen LogP contribution is -2.09. The smallest absolute Gasteiger partial charge is 0.435 e. The van der Waals surface area contributed by atoms with E-state index in [-0.39, 0.29) is 22.3 Å². The van der Waals surface area contributed by atoms with Gasteiger partial charge in [0.05, 0.1) is 22.0 Å². The summed E-state index contributed by atoms with van der Waals surface area (Å²) in [6, 6.07) is 4.99. The number of alkyl halides is 3. The first-order valence-corrected chi connectivity index (χ1v) is 10.2. The van der Waals surface area contributed by atoms with E-state index in [9.17, 15) is 21.6 Å². The van der Waals surface area contributed by atoms with E-state index in [1.54, 1.807) is 0 Å². The summed E-state index contributed by atoms with van der Waals surface area (Å²) in [7, 11) is -2.10. The van der Waals surface area contributed by atoms with Crippen molar-refractivity contribution in [3.05, 3.63) is 46.8 Å². The van der Waals surface area contributed by atoms with E-state index in [2.05, 4.69) is 31.0 Å². The first-order valence-electron chi connectivity index (χ1n) is 7.55. The van der Waals surface area contributed by atoms with E-state index >= 15 is 0 Å². The second-order valence-electron chi connectivity index (χ2n) is 5.64. The Morgan fingerprint density at radius 3 is 2.50 bits per heavy atom. The monoisotopic (exact) mass is 476 g/mol. The average Bonchev–Trinajstić information content (AvgIpc) is 3.11. The van der Waals surface area contributed by atoms with Gasteiger partial charge in [-0.05, 0) is 40.2 Å². The molecular weight excluding hydrogens is 465 g/mol. The van der Waals surface area contributed by atoms with Crippen LogP contribution in [0.2, 0.25) is 0 Å². The fraction of sp³-hybridized carbons (Fsp3) is 0.188. The third kappa shape index (κ3) is 4.02. The average molecular weight is 477 g/mol. The van der Waals surface area contributed by atoms with Crippen molar-refractivity contribution < 1.29 is 26.3 Å². The largest absolute Gasteiger partial charge is 0.496 e. The van der Waals surface area contributed by atoms with Crippen molar-refractivity contribution in [3.63, 3.8) is 0 Å². The highest BCUT2D eigenvalue weighted by Crippen LogP contribution is 2.32. The molecule has 2 aromatic heterocycles. The van der Waals surface area contributed by atoms with Crippen LogP contribution >= 0.6 is 15.9 Å². The SMILES string of the molecule is COc1cc(S(C)(=O)=O)ccc1-c1ncc(Br)c(-n2ccc(C(F)(F)F)n2)n1. The summed E-state index contributed by atoms with van der Waals surface area (Å²) in [5.74, 6) is 0.404. The molecule has 0 unspecified atom stereocenters. The van der Waals surface area contributed by atoms with Crippen molar-refractivity contribution in [2.45, 2.75) is 11.1 Å². The van der Waals surface area contributed by atoms with Gasteiger partial charge in [-0.3, -0.25) is 0 Å². The Morgan fingerprint density at radius 2 is 1.93 bits per heavy atom. The second-order valence-corrected chi connectivity index (χ2v) is 8.51. The van der Waals surface area contributed by atoms with Gasteiger partial charge < -0.3 is 4.74 Å². The zero-order valence-electron chi connectivity index (χ0n) is 14.4. The normalized spacial score (nSPS) is 12.2. The Bertz CT molecular complexity index is 1150. The number of halogens is 4. The van der Waals surface area contributed by atoms with Crippen molar-refractivity contribution in [2.75, 3.05) is 13.4 Å². The van der Waals surface area contributed by atoms with Crippen molar-refractivity contribution in [3.8, 4) is 23.0 Å². The van der Waals surface area contributed by atoms with Gasteiger partial charge in [-0.25, -0.2) is 23.1 Å². The zero-order valence-corrected chi connectivity index (χ0v) is 16.8. The molecule has 0 spiro atoms. The van der Waals surface area contributed by atoms with Gasteiger partial charge in [0, 0.05) is 18.6 Å². The number of methoxy groups -OCH3 is 1. The summed E-state index contributed by atoms with van der Waals surface area (Å²) >= 11 is 3.20. The molecular formula is C16H12BrF3N4O3S. The fourth-order valence-corrected chi connectivity index (χ4v) is 3.34. The van der Waals surface area contributed by atoms with Crippen LogP contribution in [-0.2, 0) is 16.0 Å². The number of hydrogen-bond acceptors (Lipinski definition) is 6. The highest BCUT2D eigenvalue weighted by molar-refractivity contribution is 9.10. The van der Waals surface area contributed by atoms with Crippen LogP contribution in [0.1, 0.15) is 5.69 Å². The van der Waals surface area contributed by atoms with Crippen molar-refractivity contribution in [2.24, 2.45) is 0 Å². The Labute approximate surface area is 166 Å². The molecule has 3 rings (SSSR count). The van der Waals surface area contributed by atoms with Crippen LogP contribution in [0.5, 0.6) is 5.75 Å². The summed E-state index contributed by atoms with van der Waals surface area (Å²) in [4.78, 5) is 8.44. The minimum atomic E-state index is -4.59. The van der Waals surface area contributed by atoms with Crippen LogP contribution in [0, 0.1) is 0 Å². The van der Waals surface area contributed by atoms with Gasteiger partial charge in [0.25, 0.3) is 0 Å². The maximum absolute atomic E-state index is 12.8. The van der Waals surface area contributed by atoms with E-state index < -0.39 is 21.7 Å². The highest BCUT2D eigenvalue weighted by Gasteiger charge is 2.34. The molecule has 0 aliphatic heterocycles. The van der Waals surface area contributed by atoms with Crippen LogP contribution in [0.15, 0.2) is 46.0 Å². The molecule has 0 N–H and O–H groups in total. The topological polar surface area (TPSA) is 87.0 Å². The summed E-state index contributed by atoms with van der Waals surface area (Å²) in [6.07, 6.45) is -1.04. The Balaban J connectivity index is 2.11. The minimum absolute atomic E-state index is 0.0485. The third-order valence-corrected chi connectivity index (χ3v) is 5.33. The maximum atomic E-state index is 12.8. The molecule has 0 saturated carbocycles. The lowest BCUT2D eigenvalue weighted by Gasteiger charge is -2.11. The zero-order chi connectivity index (χ0) is 20.7. The van der Waals surface area contributed by atoms with Gasteiger partial charge in [0.15, 0.2) is 27.2 Å². The molecule has 0 aliphatic carbocycles. The van der Waals surface area contributed by atoms with Gasteiger partial charge in [-0.2, -0.15) is 18.3 Å². The second kappa shape index (κ2) is 7.17. The third-order valence-electron chi connectivity index (χ3n) is 3.66. The first kappa shape index (κ1) is 20.3. The van der Waals surface area contributed by atoms with Crippen molar-refractivity contribution in [1.82, 2.24) is 19.7 Å². The number of rotatable bonds is 4. The Kier molecular flexibility index (Phi) is 5.19. The summed E-state index contributed by atoms with van der Waals surface area (Å²) in [5.41, 5.74) is -0.693. The van der Waals surface area contributed by atoms with Gasteiger partial charge in [-0.1, -0.05) is 0 Å². The van der Waals surface area contributed by atoms with E-state index in [0.29, 0.717) is 10.0 Å². The molecule has 2 heterocycles. The van der Waals surface area contributed by atoms with Gasteiger partial charge in [0.2, 0.25) is 0 Å². The number of aromatic nitrogens is 4. The van der Waals surface area contributed by atoms with E-state index in [1.165, 1.54) is 31.5 Å². The van der Waals surface area contributed by atoms with E-state index in [4.69, 9.17) is 4.74 Å². The number of hydrogen-bond donors (Lipinski definition) is 0. The number of benzene rings is 1. The quantitative estimate of drug-likeness (QED) is 0.572. The van der Waals surface area contributed by atoms with E-state index in [1.807, 2.05) is 0 Å². The van der Waals surface area contributed by atoms with E-state index in [0.717, 1.165) is 23.2 Å². The fourth-order valence-electron chi connectivity index (χ4n) is 2.33. The predicted molar refractivity (Wildman–Crippen MR) is 97.0 cm³/mol. The standard InChI is InChI=1S/C16H12BrF3N4O3S/c1-27-12-7-9(28(2,25)26)3-4-10(12)14-21-8-11(17)15(22-14)24-6-5-13(23-24)16(18,19)20/h3-8H,1-2H3. The summed E-state index contributed by atoms with van der Waals surface area (Å²) < 4.78 is 68.4. The number of ether oxygens (including phenoxy) is 1. The molecule has 28 heavy (non-hydrogen) atoms.